The van der Waals surface area contributed by atoms with Crippen molar-refractivity contribution in [2.45, 2.75) is 52.4 Å². The third-order valence-electron chi connectivity index (χ3n) is 6.86. The molecule has 1 unspecified atom stereocenters. The van der Waals surface area contributed by atoms with E-state index in [-0.39, 0.29) is 16.9 Å². The Morgan fingerprint density at radius 1 is 1.05 bits per heavy atom. The molecule has 1 aliphatic heterocycles. The Kier molecular flexibility index (Phi) is 8.39. The summed E-state index contributed by atoms with van der Waals surface area (Å²) in [5.74, 6) is 1.45. The van der Waals surface area contributed by atoms with Crippen molar-refractivity contribution in [2.24, 2.45) is 11.7 Å². The SMILES string of the molecule is COc1cc(C2C(C#N)=C(N)Oc3cc(OC(=O)c4ccc(C(C)(C)C)cc4)ccc32)ccc1OCCC(C)C. The lowest BCUT2D eigenvalue weighted by Crippen LogP contribution is -2.21. The van der Waals surface area contributed by atoms with Crippen molar-refractivity contribution in [3.63, 3.8) is 0 Å². The van der Waals surface area contributed by atoms with Crippen molar-refractivity contribution in [3.8, 4) is 29.1 Å². The zero-order chi connectivity index (χ0) is 29.0. The van der Waals surface area contributed by atoms with Crippen molar-refractivity contribution in [3.05, 3.63) is 94.4 Å². The van der Waals surface area contributed by atoms with Crippen LogP contribution in [0.1, 0.15) is 74.0 Å². The standard InChI is InChI=1S/C33H36N2O5/c1-20(2)15-16-38-27-14-9-22(17-29(27)37-6)30-25-13-12-24(18-28(25)40-31(35)26(30)19-34)39-32(36)21-7-10-23(11-8-21)33(3,4)5/h7-14,17-18,20,30H,15-16,35H2,1-6H3. The zero-order valence-electron chi connectivity index (χ0n) is 23.9. The van der Waals surface area contributed by atoms with Gasteiger partial charge < -0.3 is 24.7 Å². The Hall–Kier alpha value is -4.44. The van der Waals surface area contributed by atoms with Gasteiger partial charge in [0.05, 0.1) is 25.2 Å². The van der Waals surface area contributed by atoms with Crippen LogP contribution in [0.5, 0.6) is 23.0 Å². The lowest BCUT2D eigenvalue weighted by molar-refractivity contribution is 0.0734. The van der Waals surface area contributed by atoms with Gasteiger partial charge in [0.2, 0.25) is 5.88 Å². The van der Waals surface area contributed by atoms with E-state index in [2.05, 4.69) is 40.7 Å². The van der Waals surface area contributed by atoms with E-state index in [9.17, 15) is 10.1 Å². The number of fused-ring (bicyclic) bond motifs is 1. The molecule has 0 bridgehead atoms. The highest BCUT2D eigenvalue weighted by atomic mass is 16.5. The van der Waals surface area contributed by atoms with Crippen LogP contribution in [0.3, 0.4) is 0 Å². The molecule has 0 amide bonds. The van der Waals surface area contributed by atoms with E-state index >= 15 is 0 Å². The number of esters is 1. The second-order valence-electron chi connectivity index (χ2n) is 11.3. The van der Waals surface area contributed by atoms with Gasteiger partial charge in [0, 0.05) is 11.6 Å². The maximum atomic E-state index is 12.8. The minimum Gasteiger partial charge on any atom is -0.493 e. The number of nitriles is 1. The number of carbonyl (C=O) groups is 1. The summed E-state index contributed by atoms with van der Waals surface area (Å²) >= 11 is 0. The van der Waals surface area contributed by atoms with Gasteiger partial charge in [0.25, 0.3) is 0 Å². The van der Waals surface area contributed by atoms with E-state index in [1.165, 1.54) is 0 Å². The number of methoxy groups -OCH3 is 1. The molecule has 208 valence electrons. The van der Waals surface area contributed by atoms with Crippen LogP contribution in [0.15, 0.2) is 72.1 Å². The molecule has 7 nitrogen and oxygen atoms in total. The van der Waals surface area contributed by atoms with E-state index < -0.39 is 11.9 Å². The largest absolute Gasteiger partial charge is 0.493 e. The third kappa shape index (κ3) is 6.23. The topological polar surface area (TPSA) is 104 Å². The van der Waals surface area contributed by atoms with Crippen LogP contribution >= 0.6 is 0 Å². The number of nitrogens with two attached hydrogens (primary N) is 1. The molecule has 3 aromatic rings. The second kappa shape index (κ2) is 11.7. The highest BCUT2D eigenvalue weighted by Crippen LogP contribution is 2.45. The lowest BCUT2D eigenvalue weighted by atomic mass is 9.83. The van der Waals surface area contributed by atoms with Crippen LogP contribution in [-0.4, -0.2) is 19.7 Å². The van der Waals surface area contributed by atoms with Gasteiger partial charge in [0.15, 0.2) is 11.5 Å². The maximum absolute atomic E-state index is 12.8. The average Bonchev–Trinajstić information content (AvgIpc) is 2.91. The molecule has 0 spiro atoms. The summed E-state index contributed by atoms with van der Waals surface area (Å²) in [6.07, 6.45) is 0.922. The van der Waals surface area contributed by atoms with Gasteiger partial charge in [-0.2, -0.15) is 5.26 Å². The summed E-state index contributed by atoms with van der Waals surface area (Å²) < 4.78 is 23.0. The van der Waals surface area contributed by atoms with Gasteiger partial charge in [0.1, 0.15) is 23.1 Å². The fourth-order valence-electron chi connectivity index (χ4n) is 4.50. The molecule has 7 heteroatoms. The Morgan fingerprint density at radius 2 is 1.77 bits per heavy atom. The van der Waals surface area contributed by atoms with Crippen molar-refractivity contribution in [1.29, 1.82) is 5.26 Å². The summed E-state index contributed by atoms with van der Waals surface area (Å²) in [6.45, 7) is 11.2. The fourth-order valence-corrected chi connectivity index (χ4v) is 4.50. The van der Waals surface area contributed by atoms with Crippen LogP contribution in [0, 0.1) is 17.2 Å². The van der Waals surface area contributed by atoms with E-state index in [1.54, 1.807) is 37.4 Å². The number of allylic oxidation sites excluding steroid dienone is 1. The molecule has 0 saturated carbocycles. The molecule has 4 rings (SSSR count). The van der Waals surface area contributed by atoms with Crippen molar-refractivity contribution in [2.75, 3.05) is 13.7 Å². The predicted octanol–water partition coefficient (Wildman–Crippen LogP) is 6.85. The molecule has 0 aliphatic carbocycles. The summed E-state index contributed by atoms with van der Waals surface area (Å²) in [6, 6.07) is 20.3. The molecule has 0 aromatic heterocycles. The second-order valence-corrected chi connectivity index (χ2v) is 11.3. The van der Waals surface area contributed by atoms with Crippen molar-refractivity contribution >= 4 is 5.97 Å². The van der Waals surface area contributed by atoms with Gasteiger partial charge in [-0.05, 0) is 59.2 Å². The van der Waals surface area contributed by atoms with E-state index in [4.69, 9.17) is 24.7 Å². The molecule has 0 fully saturated rings. The zero-order valence-corrected chi connectivity index (χ0v) is 23.9. The average molecular weight is 541 g/mol. The number of carbonyl (C=O) groups excluding carboxylic acids is 1. The van der Waals surface area contributed by atoms with Gasteiger partial charge in [-0.15, -0.1) is 0 Å². The van der Waals surface area contributed by atoms with Crippen molar-refractivity contribution < 1.29 is 23.7 Å². The third-order valence-corrected chi connectivity index (χ3v) is 6.86. The Balaban J connectivity index is 1.61. The highest BCUT2D eigenvalue weighted by molar-refractivity contribution is 5.91. The van der Waals surface area contributed by atoms with Gasteiger partial charge >= 0.3 is 5.97 Å². The molecule has 40 heavy (non-hydrogen) atoms. The molecular formula is C33H36N2O5. The van der Waals surface area contributed by atoms with Crippen LogP contribution in [0.2, 0.25) is 0 Å². The summed E-state index contributed by atoms with van der Waals surface area (Å²) in [5, 5.41) is 9.94. The molecular weight excluding hydrogens is 504 g/mol. The molecule has 3 aromatic carbocycles. The number of hydrogen-bond acceptors (Lipinski definition) is 7. The summed E-state index contributed by atoms with van der Waals surface area (Å²) in [5.41, 5.74) is 9.53. The van der Waals surface area contributed by atoms with E-state index in [1.807, 2.05) is 30.3 Å². The first-order valence-corrected chi connectivity index (χ1v) is 13.4. The molecule has 1 aliphatic rings. The highest BCUT2D eigenvalue weighted by Gasteiger charge is 2.32. The number of hydrogen-bond donors (Lipinski definition) is 1. The predicted molar refractivity (Wildman–Crippen MR) is 154 cm³/mol. The molecule has 0 saturated heterocycles. The van der Waals surface area contributed by atoms with E-state index in [0.717, 1.165) is 23.1 Å². The maximum Gasteiger partial charge on any atom is 0.343 e. The van der Waals surface area contributed by atoms with Gasteiger partial charge in [-0.3, -0.25) is 0 Å². The molecule has 1 heterocycles. The lowest BCUT2D eigenvalue weighted by Gasteiger charge is -2.27. The monoisotopic (exact) mass is 540 g/mol. The smallest absolute Gasteiger partial charge is 0.343 e. The first-order valence-electron chi connectivity index (χ1n) is 13.4. The number of nitrogens with zero attached hydrogens (tertiary/aromatic N) is 1. The minimum absolute atomic E-state index is 0.00234. The quantitative estimate of drug-likeness (QED) is 0.246. The minimum atomic E-state index is -0.498. The van der Waals surface area contributed by atoms with Gasteiger partial charge in [-0.25, -0.2) is 4.79 Å². The molecule has 1 atom stereocenters. The summed E-state index contributed by atoms with van der Waals surface area (Å²) in [4.78, 5) is 12.8. The Labute approximate surface area is 236 Å². The van der Waals surface area contributed by atoms with Crippen molar-refractivity contribution in [1.82, 2.24) is 0 Å². The van der Waals surface area contributed by atoms with E-state index in [0.29, 0.717) is 41.1 Å². The van der Waals surface area contributed by atoms with Crippen LogP contribution in [0.4, 0.5) is 0 Å². The fraction of sp³-hybridized carbons (Fsp3) is 0.333. The van der Waals surface area contributed by atoms with Crippen LogP contribution in [-0.2, 0) is 5.41 Å². The Bertz CT molecular complexity index is 1460. The first-order chi connectivity index (χ1) is 19.0. The number of ether oxygens (including phenoxy) is 4. The summed E-state index contributed by atoms with van der Waals surface area (Å²) in [7, 11) is 1.58. The first kappa shape index (κ1) is 28.6. The number of benzene rings is 3. The normalized spacial score (nSPS) is 14.7. The Morgan fingerprint density at radius 3 is 2.40 bits per heavy atom. The molecule has 0 radical (unpaired) electrons. The number of rotatable bonds is 8. The molecule has 2 N–H and O–H groups in total. The van der Waals surface area contributed by atoms with Crippen LogP contribution in [0.25, 0.3) is 0 Å². The van der Waals surface area contributed by atoms with Crippen LogP contribution < -0.4 is 24.7 Å². The van der Waals surface area contributed by atoms with Gasteiger partial charge in [-0.1, -0.05) is 58.9 Å².